The maximum Gasteiger partial charge on any atom is 0.328 e. The average Bonchev–Trinajstić information content (AvgIpc) is 2.80. The molecule has 0 saturated carbocycles. The zero-order chi connectivity index (χ0) is 22.3. The summed E-state index contributed by atoms with van der Waals surface area (Å²) in [5, 5.41) is 15.0. The largest absolute Gasteiger partial charge is 0.478 e. The summed E-state index contributed by atoms with van der Waals surface area (Å²) in [6.07, 6.45) is 4.56. The normalized spacial score (nSPS) is 10.8. The molecule has 4 rings (SSSR count). The Hall–Kier alpha value is -4.79. The van der Waals surface area contributed by atoms with Crippen molar-refractivity contribution >= 4 is 40.1 Å². The van der Waals surface area contributed by atoms with Gasteiger partial charge in [-0.25, -0.2) is 19.7 Å². The first-order chi connectivity index (χ1) is 15.6. The third-order valence-corrected chi connectivity index (χ3v) is 4.25. The molecular weight excluding hydrogens is 410 g/mol. The highest BCUT2D eigenvalue weighted by Crippen LogP contribution is 2.27. The molecular formula is C23H17N5O4. The lowest BCUT2D eigenvalue weighted by atomic mass is 10.2. The number of ether oxygens (including phenoxy) is 1. The monoisotopic (exact) mass is 427 g/mol. The summed E-state index contributed by atoms with van der Waals surface area (Å²) < 4.78 is 5.80. The van der Waals surface area contributed by atoms with Crippen LogP contribution in [0.25, 0.3) is 10.9 Å². The number of aromatic nitrogens is 3. The second-order valence-electron chi connectivity index (χ2n) is 6.53. The molecule has 4 aromatic rings. The fourth-order valence-corrected chi connectivity index (χ4v) is 2.81. The van der Waals surface area contributed by atoms with Crippen molar-refractivity contribution in [2.45, 2.75) is 0 Å². The van der Waals surface area contributed by atoms with Crippen LogP contribution in [0.3, 0.4) is 0 Å². The first kappa shape index (κ1) is 20.5. The van der Waals surface area contributed by atoms with Gasteiger partial charge in [0.15, 0.2) is 0 Å². The molecule has 0 atom stereocenters. The maximum absolute atomic E-state index is 11.8. The summed E-state index contributed by atoms with van der Waals surface area (Å²) in [6.45, 7) is 0. The van der Waals surface area contributed by atoms with Gasteiger partial charge in [-0.3, -0.25) is 4.79 Å². The number of nitrogens with one attached hydrogen (secondary N) is 2. The van der Waals surface area contributed by atoms with E-state index < -0.39 is 11.9 Å². The molecule has 1 amide bonds. The highest BCUT2D eigenvalue weighted by molar-refractivity contribution is 6.03. The van der Waals surface area contributed by atoms with Gasteiger partial charge < -0.3 is 20.5 Å². The molecule has 0 aliphatic heterocycles. The number of carbonyl (C=O) groups excluding carboxylic acids is 1. The number of rotatable bonds is 7. The minimum absolute atomic E-state index is 0.238. The van der Waals surface area contributed by atoms with E-state index in [2.05, 4.69) is 25.6 Å². The quantitative estimate of drug-likeness (QED) is 0.376. The maximum atomic E-state index is 11.8. The van der Waals surface area contributed by atoms with Gasteiger partial charge >= 0.3 is 5.97 Å². The third kappa shape index (κ3) is 5.22. The molecule has 9 heteroatoms. The van der Waals surface area contributed by atoms with Crippen LogP contribution in [0.1, 0.15) is 0 Å². The Labute approximate surface area is 182 Å². The summed E-state index contributed by atoms with van der Waals surface area (Å²) in [5.74, 6) is 0.368. The van der Waals surface area contributed by atoms with Crippen LogP contribution in [0, 0.1) is 0 Å². The molecule has 0 fully saturated rings. The predicted octanol–water partition coefficient (Wildman–Crippen LogP) is 4.14. The number of para-hydroxylation sites is 1. The van der Waals surface area contributed by atoms with Crippen molar-refractivity contribution < 1.29 is 19.4 Å². The van der Waals surface area contributed by atoms with E-state index in [1.165, 1.54) is 12.5 Å². The van der Waals surface area contributed by atoms with Crippen LogP contribution in [0.15, 0.2) is 85.3 Å². The first-order valence-electron chi connectivity index (χ1n) is 9.49. The molecule has 0 radical (unpaired) electrons. The molecule has 3 N–H and O–H groups in total. The highest BCUT2D eigenvalue weighted by atomic mass is 16.5. The summed E-state index contributed by atoms with van der Waals surface area (Å²) >= 11 is 0. The summed E-state index contributed by atoms with van der Waals surface area (Å²) in [7, 11) is 0. The van der Waals surface area contributed by atoms with Gasteiger partial charge in [0.2, 0.25) is 5.91 Å². The number of aliphatic carboxylic acids is 1. The molecule has 0 aliphatic carbocycles. The topological polar surface area (TPSA) is 126 Å². The van der Waals surface area contributed by atoms with E-state index in [1.807, 2.05) is 54.6 Å². The molecule has 2 heterocycles. The molecule has 158 valence electrons. The lowest BCUT2D eigenvalue weighted by molar-refractivity contribution is -0.131. The summed E-state index contributed by atoms with van der Waals surface area (Å²) in [5.41, 5.74) is 1.35. The van der Waals surface area contributed by atoms with Crippen molar-refractivity contribution in [3.63, 3.8) is 0 Å². The Balaban J connectivity index is 1.52. The Morgan fingerprint density at radius 3 is 2.41 bits per heavy atom. The number of nitrogens with zero attached hydrogens (tertiary/aromatic N) is 3. The van der Waals surface area contributed by atoms with Gasteiger partial charge in [0.25, 0.3) is 0 Å². The number of amides is 1. The number of anilines is 3. The Kier molecular flexibility index (Phi) is 5.98. The molecule has 0 saturated heterocycles. The SMILES string of the molecule is O=C(O)C=CC(=O)Nc1cc2c(Nc3ccc(Oc4ccccc4)cc3)ncnc2cn1. The van der Waals surface area contributed by atoms with Crippen LogP contribution in [-0.2, 0) is 9.59 Å². The van der Waals surface area contributed by atoms with E-state index >= 15 is 0 Å². The number of hydrogen-bond acceptors (Lipinski definition) is 7. The zero-order valence-electron chi connectivity index (χ0n) is 16.6. The van der Waals surface area contributed by atoms with Crippen molar-refractivity contribution in [1.82, 2.24) is 15.0 Å². The molecule has 32 heavy (non-hydrogen) atoms. The van der Waals surface area contributed by atoms with Crippen LogP contribution in [0.5, 0.6) is 11.5 Å². The van der Waals surface area contributed by atoms with Gasteiger partial charge in [-0.05, 0) is 42.5 Å². The second-order valence-corrected chi connectivity index (χ2v) is 6.53. The van der Waals surface area contributed by atoms with Crippen molar-refractivity contribution in [2.75, 3.05) is 10.6 Å². The first-order valence-corrected chi connectivity index (χ1v) is 9.49. The molecule has 0 bridgehead atoms. The van der Waals surface area contributed by atoms with Crippen molar-refractivity contribution in [3.8, 4) is 11.5 Å². The number of pyridine rings is 1. The minimum Gasteiger partial charge on any atom is -0.478 e. The van der Waals surface area contributed by atoms with Gasteiger partial charge in [-0.2, -0.15) is 0 Å². The lowest BCUT2D eigenvalue weighted by Gasteiger charge is -2.10. The molecule has 2 aromatic carbocycles. The van der Waals surface area contributed by atoms with Crippen LogP contribution >= 0.6 is 0 Å². The number of carboxylic acid groups (broad SMARTS) is 1. The van der Waals surface area contributed by atoms with E-state index in [9.17, 15) is 9.59 Å². The highest BCUT2D eigenvalue weighted by Gasteiger charge is 2.08. The van der Waals surface area contributed by atoms with Gasteiger partial charge in [-0.15, -0.1) is 0 Å². The molecule has 0 unspecified atom stereocenters. The smallest absolute Gasteiger partial charge is 0.328 e. The minimum atomic E-state index is -1.22. The standard InChI is InChI=1S/C23H17N5O4/c29-21(10-11-22(30)31)28-20-12-18-19(13-24-20)25-14-26-23(18)27-15-6-8-17(9-7-15)32-16-4-2-1-3-5-16/h1-14H,(H,30,31)(H,24,28,29)(H,25,26,27). The molecule has 0 spiro atoms. The van der Waals surface area contributed by atoms with Gasteiger partial charge in [0, 0.05) is 23.2 Å². The third-order valence-electron chi connectivity index (χ3n) is 4.25. The average molecular weight is 427 g/mol. The van der Waals surface area contributed by atoms with Gasteiger partial charge in [0.1, 0.15) is 29.5 Å². The van der Waals surface area contributed by atoms with E-state index in [0.717, 1.165) is 23.6 Å². The number of carboxylic acids is 1. The molecule has 0 aliphatic rings. The predicted molar refractivity (Wildman–Crippen MR) is 119 cm³/mol. The van der Waals surface area contributed by atoms with E-state index in [1.54, 1.807) is 6.07 Å². The van der Waals surface area contributed by atoms with Gasteiger partial charge in [-0.1, -0.05) is 18.2 Å². The van der Waals surface area contributed by atoms with Crippen molar-refractivity contribution in [1.29, 1.82) is 0 Å². The second kappa shape index (κ2) is 9.35. The molecule has 9 nitrogen and oxygen atoms in total. The number of hydrogen-bond donors (Lipinski definition) is 3. The summed E-state index contributed by atoms with van der Waals surface area (Å²) in [4.78, 5) is 35.0. The number of carbonyl (C=O) groups is 2. The van der Waals surface area contributed by atoms with Crippen molar-refractivity contribution in [3.05, 3.63) is 85.3 Å². The van der Waals surface area contributed by atoms with Crippen LogP contribution < -0.4 is 15.4 Å². The van der Waals surface area contributed by atoms with Crippen LogP contribution in [0.2, 0.25) is 0 Å². The Bertz CT molecular complexity index is 1290. The van der Waals surface area contributed by atoms with E-state index in [4.69, 9.17) is 9.84 Å². The fraction of sp³-hybridized carbons (Fsp3) is 0. The fourth-order valence-electron chi connectivity index (χ4n) is 2.81. The number of benzene rings is 2. The zero-order valence-corrected chi connectivity index (χ0v) is 16.6. The van der Waals surface area contributed by atoms with E-state index in [0.29, 0.717) is 22.5 Å². The summed E-state index contributed by atoms with van der Waals surface area (Å²) in [6, 6.07) is 18.5. The van der Waals surface area contributed by atoms with Crippen LogP contribution in [0.4, 0.5) is 17.3 Å². The van der Waals surface area contributed by atoms with E-state index in [-0.39, 0.29) is 5.82 Å². The van der Waals surface area contributed by atoms with Gasteiger partial charge in [0.05, 0.1) is 11.7 Å². The van der Waals surface area contributed by atoms with Crippen molar-refractivity contribution in [2.24, 2.45) is 0 Å². The van der Waals surface area contributed by atoms with Crippen LogP contribution in [-0.4, -0.2) is 31.9 Å². The number of fused-ring (bicyclic) bond motifs is 1. The Morgan fingerprint density at radius 2 is 1.66 bits per heavy atom. The lowest BCUT2D eigenvalue weighted by Crippen LogP contribution is -2.10. The Morgan fingerprint density at radius 1 is 0.906 bits per heavy atom. The molecule has 2 aromatic heterocycles.